The topological polar surface area (TPSA) is 102 Å². The summed E-state index contributed by atoms with van der Waals surface area (Å²) < 4.78 is 1.67. The Morgan fingerprint density at radius 3 is 2.27 bits per heavy atom. The highest BCUT2D eigenvalue weighted by Gasteiger charge is 2.23. The normalized spacial score (nSPS) is 13.3. The first-order valence-corrected chi connectivity index (χ1v) is 15.5. The first kappa shape index (κ1) is 29.1. The Kier molecular flexibility index (Phi) is 8.69. The number of piperazine rings is 1. The molecule has 44 heavy (non-hydrogen) atoms. The van der Waals surface area contributed by atoms with E-state index in [0.717, 1.165) is 29.9 Å². The summed E-state index contributed by atoms with van der Waals surface area (Å²) in [6, 6.07) is 31.7. The maximum Gasteiger partial charge on any atom is 0.269 e. The summed E-state index contributed by atoms with van der Waals surface area (Å²) in [7, 11) is 0. The van der Waals surface area contributed by atoms with Gasteiger partial charge in [0.25, 0.3) is 17.2 Å². The average Bonchev–Trinajstić information content (AvgIpc) is 3.07. The first-order valence-electron chi connectivity index (χ1n) is 14.5. The first-order chi connectivity index (χ1) is 21.5. The second-order valence-electron chi connectivity index (χ2n) is 10.6. The van der Waals surface area contributed by atoms with E-state index in [0.29, 0.717) is 53.4 Å². The number of aryl methyl sites for hydroxylation is 1. The van der Waals surface area contributed by atoms with Crippen molar-refractivity contribution >= 4 is 39.9 Å². The SMILES string of the molecule is O=C(c1ccc2c(=O)n(CCc3ccccc3)c(SCc3cccc([N+](=O)[O-])c3)nc2c1)N1CCN(c2ccccc2)CC1. The number of aromatic nitrogens is 2. The molecule has 4 aromatic carbocycles. The lowest BCUT2D eigenvalue weighted by Gasteiger charge is -2.36. The lowest BCUT2D eigenvalue weighted by Crippen LogP contribution is -2.48. The molecule has 10 heteroatoms. The molecule has 222 valence electrons. The molecule has 0 saturated carbocycles. The molecule has 9 nitrogen and oxygen atoms in total. The molecule has 1 aliphatic rings. The highest BCUT2D eigenvalue weighted by molar-refractivity contribution is 7.98. The Labute approximate surface area is 258 Å². The van der Waals surface area contributed by atoms with Crippen LogP contribution < -0.4 is 10.5 Å². The van der Waals surface area contributed by atoms with E-state index < -0.39 is 4.92 Å². The molecule has 0 N–H and O–H groups in total. The monoisotopic (exact) mass is 605 g/mol. The molecule has 0 unspecified atom stereocenters. The smallest absolute Gasteiger partial charge is 0.269 e. The molecule has 0 spiro atoms. The van der Waals surface area contributed by atoms with E-state index in [-0.39, 0.29) is 17.2 Å². The molecule has 5 aromatic rings. The van der Waals surface area contributed by atoms with Gasteiger partial charge in [0.05, 0.1) is 15.8 Å². The summed E-state index contributed by atoms with van der Waals surface area (Å²) in [5, 5.41) is 12.2. The summed E-state index contributed by atoms with van der Waals surface area (Å²) in [6.07, 6.45) is 0.643. The van der Waals surface area contributed by atoms with Crippen molar-refractivity contribution in [3.05, 3.63) is 140 Å². The van der Waals surface area contributed by atoms with Gasteiger partial charge >= 0.3 is 0 Å². The van der Waals surface area contributed by atoms with Crippen molar-refractivity contribution in [1.82, 2.24) is 14.5 Å². The Balaban J connectivity index is 1.26. The fraction of sp³-hybridized carbons (Fsp3) is 0.206. The van der Waals surface area contributed by atoms with Crippen molar-refractivity contribution in [2.45, 2.75) is 23.9 Å². The molecule has 1 fully saturated rings. The number of hydrogen-bond acceptors (Lipinski definition) is 7. The molecule has 0 radical (unpaired) electrons. The van der Waals surface area contributed by atoms with Gasteiger partial charge in [-0.2, -0.15) is 0 Å². The van der Waals surface area contributed by atoms with Crippen LogP contribution in [0.2, 0.25) is 0 Å². The van der Waals surface area contributed by atoms with Crippen LogP contribution in [0.1, 0.15) is 21.5 Å². The van der Waals surface area contributed by atoms with Crippen LogP contribution in [0.15, 0.2) is 113 Å². The average molecular weight is 606 g/mol. The zero-order valence-electron chi connectivity index (χ0n) is 24.0. The molecule has 6 rings (SSSR count). The molecule has 0 bridgehead atoms. The van der Waals surface area contributed by atoms with Gasteiger partial charge in [0, 0.05) is 61.9 Å². The number of rotatable bonds is 9. The minimum Gasteiger partial charge on any atom is -0.368 e. The third-order valence-electron chi connectivity index (χ3n) is 7.81. The minimum absolute atomic E-state index is 0.0174. The standard InChI is InChI=1S/C34H31N5O4S/c40-32(37-20-18-36(19-21-37)28-11-5-2-6-12-28)27-14-15-30-31(23-27)35-34(44-24-26-10-7-13-29(22-26)39(42)43)38(33(30)41)17-16-25-8-3-1-4-9-25/h1-15,22-23H,16-21,24H2. The van der Waals surface area contributed by atoms with Crippen molar-refractivity contribution in [2.75, 3.05) is 31.1 Å². The number of hydrogen-bond donors (Lipinski definition) is 0. The largest absolute Gasteiger partial charge is 0.368 e. The predicted octanol–water partition coefficient (Wildman–Crippen LogP) is 5.80. The van der Waals surface area contributed by atoms with Gasteiger partial charge in [0.15, 0.2) is 5.16 Å². The van der Waals surface area contributed by atoms with Crippen molar-refractivity contribution < 1.29 is 9.72 Å². The molecule has 1 saturated heterocycles. The number of para-hydroxylation sites is 1. The third-order valence-corrected chi connectivity index (χ3v) is 8.86. The summed E-state index contributed by atoms with van der Waals surface area (Å²) in [6.45, 7) is 3.11. The number of anilines is 1. The number of non-ortho nitro benzene ring substituents is 1. The van der Waals surface area contributed by atoms with E-state index in [4.69, 9.17) is 4.98 Å². The zero-order valence-corrected chi connectivity index (χ0v) is 24.9. The van der Waals surface area contributed by atoms with Crippen LogP contribution in [0.4, 0.5) is 11.4 Å². The number of nitro benzene ring substituents is 1. The highest BCUT2D eigenvalue weighted by Crippen LogP contribution is 2.25. The molecule has 1 aromatic heterocycles. The lowest BCUT2D eigenvalue weighted by atomic mass is 10.1. The van der Waals surface area contributed by atoms with Crippen LogP contribution in [-0.2, 0) is 18.7 Å². The Morgan fingerprint density at radius 2 is 1.55 bits per heavy atom. The van der Waals surface area contributed by atoms with Crippen molar-refractivity contribution in [1.29, 1.82) is 0 Å². The third kappa shape index (κ3) is 6.50. The Morgan fingerprint density at radius 1 is 0.841 bits per heavy atom. The van der Waals surface area contributed by atoms with Crippen LogP contribution in [0.5, 0.6) is 0 Å². The lowest BCUT2D eigenvalue weighted by molar-refractivity contribution is -0.384. The van der Waals surface area contributed by atoms with Crippen LogP contribution in [-0.4, -0.2) is 51.5 Å². The van der Waals surface area contributed by atoms with Gasteiger partial charge in [-0.15, -0.1) is 0 Å². The van der Waals surface area contributed by atoms with Crippen LogP contribution in [0.3, 0.4) is 0 Å². The predicted molar refractivity (Wildman–Crippen MR) is 173 cm³/mol. The molecular formula is C34H31N5O4S. The number of benzene rings is 4. The second kappa shape index (κ2) is 13.1. The van der Waals surface area contributed by atoms with E-state index in [9.17, 15) is 19.7 Å². The highest BCUT2D eigenvalue weighted by atomic mass is 32.2. The van der Waals surface area contributed by atoms with Gasteiger partial charge in [-0.25, -0.2) is 4.98 Å². The number of amides is 1. The molecule has 0 atom stereocenters. The number of thioether (sulfide) groups is 1. The number of carbonyl (C=O) groups excluding carboxylic acids is 1. The minimum atomic E-state index is -0.418. The number of fused-ring (bicyclic) bond motifs is 1. The molecule has 0 aliphatic carbocycles. The summed E-state index contributed by atoms with van der Waals surface area (Å²) >= 11 is 1.35. The molecular weight excluding hydrogens is 574 g/mol. The van der Waals surface area contributed by atoms with Crippen LogP contribution in [0.25, 0.3) is 10.9 Å². The molecule has 1 amide bonds. The number of carbonyl (C=O) groups is 1. The van der Waals surface area contributed by atoms with Gasteiger partial charge < -0.3 is 9.80 Å². The van der Waals surface area contributed by atoms with E-state index in [1.54, 1.807) is 28.8 Å². The number of nitro groups is 1. The van der Waals surface area contributed by atoms with E-state index >= 15 is 0 Å². The molecule has 1 aliphatic heterocycles. The van der Waals surface area contributed by atoms with Crippen LogP contribution in [0, 0.1) is 10.1 Å². The van der Waals surface area contributed by atoms with Crippen LogP contribution >= 0.6 is 11.8 Å². The quantitative estimate of drug-likeness (QED) is 0.0906. The zero-order chi connectivity index (χ0) is 30.5. The van der Waals surface area contributed by atoms with Gasteiger partial charge in [-0.3, -0.25) is 24.3 Å². The second-order valence-corrected chi connectivity index (χ2v) is 11.6. The van der Waals surface area contributed by atoms with E-state index in [2.05, 4.69) is 17.0 Å². The maximum atomic E-state index is 13.8. The fourth-order valence-electron chi connectivity index (χ4n) is 5.42. The van der Waals surface area contributed by atoms with Gasteiger partial charge in [-0.05, 0) is 47.9 Å². The maximum absolute atomic E-state index is 13.8. The van der Waals surface area contributed by atoms with Crippen molar-refractivity contribution in [2.24, 2.45) is 0 Å². The van der Waals surface area contributed by atoms with Gasteiger partial charge in [-0.1, -0.05) is 72.4 Å². The van der Waals surface area contributed by atoms with Gasteiger partial charge in [0.1, 0.15) is 0 Å². The fourth-order valence-corrected chi connectivity index (χ4v) is 6.39. The summed E-state index contributed by atoms with van der Waals surface area (Å²) in [5.41, 5.74) is 3.80. The Hall–Kier alpha value is -4.96. The number of nitrogens with zero attached hydrogens (tertiary/aromatic N) is 5. The molecule has 2 heterocycles. The Bertz CT molecular complexity index is 1860. The summed E-state index contributed by atoms with van der Waals surface area (Å²) in [5.74, 6) is 0.315. The summed E-state index contributed by atoms with van der Waals surface area (Å²) in [4.78, 5) is 47.2. The van der Waals surface area contributed by atoms with E-state index in [1.807, 2.05) is 59.5 Å². The van der Waals surface area contributed by atoms with Crippen molar-refractivity contribution in [3.8, 4) is 0 Å². The van der Waals surface area contributed by atoms with Crippen molar-refractivity contribution in [3.63, 3.8) is 0 Å². The van der Waals surface area contributed by atoms with Gasteiger partial charge in [0.2, 0.25) is 0 Å². The van der Waals surface area contributed by atoms with E-state index in [1.165, 1.54) is 23.9 Å².